The Morgan fingerprint density at radius 1 is 1.17 bits per heavy atom. The van der Waals surface area contributed by atoms with Crippen LogP contribution in [0.5, 0.6) is 0 Å². The molecule has 0 aliphatic carbocycles. The molecule has 0 amide bonds. The fraction of sp³-hybridized carbons (Fsp3) is 0.412. The third-order valence-corrected chi connectivity index (χ3v) is 6.07. The number of hydrogen-bond donors (Lipinski definition) is 1. The van der Waals surface area contributed by atoms with Crippen molar-refractivity contribution in [1.82, 2.24) is 4.90 Å². The molecule has 1 fully saturated rings. The molecule has 2 heterocycles. The molecule has 24 heavy (non-hydrogen) atoms. The Balaban J connectivity index is 1.91. The van der Waals surface area contributed by atoms with Crippen LogP contribution in [0.1, 0.15) is 30.9 Å². The van der Waals surface area contributed by atoms with Crippen molar-refractivity contribution in [3.05, 3.63) is 41.0 Å². The number of aliphatic carboxylic acids is 1. The number of hydrogen-bond acceptors (Lipinski definition) is 4. The Hall–Kier alpha value is -2.15. The van der Waals surface area contributed by atoms with E-state index in [-0.39, 0.29) is 10.8 Å². The fourth-order valence-corrected chi connectivity index (χ4v) is 4.71. The fourth-order valence-electron chi connectivity index (χ4n) is 3.23. The summed E-state index contributed by atoms with van der Waals surface area (Å²) in [4.78, 5) is 13.2. The van der Waals surface area contributed by atoms with Gasteiger partial charge in [-0.05, 0) is 32.3 Å². The summed E-state index contributed by atoms with van der Waals surface area (Å²) in [6, 6.07) is 7.34. The third kappa shape index (κ3) is 2.96. The molecule has 1 N–H and O–H groups in total. The summed E-state index contributed by atoms with van der Waals surface area (Å²) in [6.45, 7) is 4.72. The zero-order valence-corrected chi connectivity index (χ0v) is 14.5. The lowest BCUT2D eigenvalue weighted by Crippen LogP contribution is -2.40. The molecule has 2 aliphatic heterocycles. The van der Waals surface area contributed by atoms with E-state index in [1.54, 1.807) is 19.1 Å². The summed E-state index contributed by atoms with van der Waals surface area (Å²) in [5, 5.41) is 9.08. The number of sulfonamides is 1. The van der Waals surface area contributed by atoms with Crippen molar-refractivity contribution in [1.29, 1.82) is 0 Å². The van der Waals surface area contributed by atoms with E-state index in [2.05, 4.69) is 4.40 Å². The highest BCUT2D eigenvalue weighted by molar-refractivity contribution is 8.00. The van der Waals surface area contributed by atoms with Gasteiger partial charge in [0.05, 0.1) is 5.92 Å². The number of rotatable bonds is 2. The number of carbonyl (C=O) groups is 1. The van der Waals surface area contributed by atoms with Crippen molar-refractivity contribution in [3.8, 4) is 0 Å². The number of likely N-dealkylation sites (tertiary alicyclic amines) is 1. The average Bonchev–Trinajstić information content (AvgIpc) is 2.78. The summed E-state index contributed by atoms with van der Waals surface area (Å²) in [5.41, 5.74) is 2.33. The largest absolute Gasteiger partial charge is 0.481 e. The number of carboxylic acids is 1. The minimum Gasteiger partial charge on any atom is -0.481 e. The summed E-state index contributed by atoms with van der Waals surface area (Å²) < 4.78 is 29.0. The maximum Gasteiger partial charge on any atom is 0.306 e. The number of nitrogens with zero attached hydrogens (tertiary/aromatic N) is 2. The molecular weight excluding hydrogens is 328 g/mol. The van der Waals surface area contributed by atoms with Crippen LogP contribution >= 0.6 is 0 Å². The second-order valence-electron chi connectivity index (χ2n) is 6.31. The van der Waals surface area contributed by atoms with Gasteiger partial charge in [0.15, 0.2) is 0 Å². The Bertz CT molecular complexity index is 830. The van der Waals surface area contributed by atoms with Crippen LogP contribution in [-0.4, -0.2) is 43.3 Å². The van der Waals surface area contributed by atoms with E-state index in [1.165, 1.54) is 0 Å². The Morgan fingerprint density at radius 3 is 2.29 bits per heavy atom. The van der Waals surface area contributed by atoms with Crippen LogP contribution in [0.15, 0.2) is 34.2 Å². The second kappa shape index (κ2) is 6.05. The Labute approximate surface area is 141 Å². The number of aryl methyl sites for hydroxylation is 1. The first-order valence-electron chi connectivity index (χ1n) is 7.90. The molecule has 0 radical (unpaired) electrons. The van der Waals surface area contributed by atoms with Crippen LogP contribution in [0, 0.1) is 12.8 Å². The van der Waals surface area contributed by atoms with Gasteiger partial charge >= 0.3 is 5.97 Å². The SMILES string of the molecule is CC1=C(c2ccc(C)cc2)S(=O)(=O)N=C1N1CCC(C(=O)O)CC1. The molecule has 0 unspecified atom stereocenters. The van der Waals surface area contributed by atoms with Gasteiger partial charge in [-0.25, -0.2) is 0 Å². The van der Waals surface area contributed by atoms with Gasteiger partial charge in [-0.2, -0.15) is 8.42 Å². The molecule has 0 aromatic heterocycles. The first kappa shape index (κ1) is 16.7. The van der Waals surface area contributed by atoms with Crippen LogP contribution in [0.25, 0.3) is 4.91 Å². The van der Waals surface area contributed by atoms with E-state index in [4.69, 9.17) is 5.11 Å². The molecule has 0 bridgehead atoms. The molecular formula is C17H20N2O4S. The van der Waals surface area contributed by atoms with E-state index in [1.807, 2.05) is 24.0 Å². The lowest BCUT2D eigenvalue weighted by atomic mass is 9.96. The minimum absolute atomic E-state index is 0.248. The predicted octanol–water partition coefficient (Wildman–Crippen LogP) is 2.26. The van der Waals surface area contributed by atoms with E-state index in [0.29, 0.717) is 42.9 Å². The monoisotopic (exact) mass is 348 g/mol. The molecule has 1 aromatic carbocycles. The number of amidine groups is 1. The molecule has 2 aliphatic rings. The van der Waals surface area contributed by atoms with Crippen molar-refractivity contribution in [3.63, 3.8) is 0 Å². The van der Waals surface area contributed by atoms with Gasteiger partial charge in [-0.3, -0.25) is 4.79 Å². The molecule has 0 atom stereocenters. The second-order valence-corrected chi connectivity index (χ2v) is 7.85. The normalized spacial score (nSPS) is 21.1. The van der Waals surface area contributed by atoms with E-state index >= 15 is 0 Å². The standard InChI is InChI=1S/C17H20N2O4S/c1-11-3-5-13(6-4-11)15-12(2)16(18-24(15,22)23)19-9-7-14(8-10-19)17(20)21/h3-6,14H,7-10H2,1-2H3,(H,20,21). The van der Waals surface area contributed by atoms with Crippen molar-refractivity contribution < 1.29 is 18.3 Å². The lowest BCUT2D eigenvalue weighted by Gasteiger charge is -2.31. The number of carboxylic acid groups (broad SMARTS) is 1. The van der Waals surface area contributed by atoms with E-state index < -0.39 is 16.0 Å². The smallest absolute Gasteiger partial charge is 0.306 e. The molecule has 6 nitrogen and oxygen atoms in total. The summed E-state index contributed by atoms with van der Waals surface area (Å²) in [5.74, 6) is -0.696. The molecule has 128 valence electrons. The topological polar surface area (TPSA) is 87.0 Å². The van der Waals surface area contributed by atoms with Crippen LogP contribution in [0.3, 0.4) is 0 Å². The van der Waals surface area contributed by atoms with Crippen molar-refractivity contribution in [2.45, 2.75) is 26.7 Å². The maximum absolute atomic E-state index is 12.5. The van der Waals surface area contributed by atoms with Gasteiger partial charge in [0.1, 0.15) is 10.7 Å². The van der Waals surface area contributed by atoms with Gasteiger partial charge in [0, 0.05) is 18.7 Å². The van der Waals surface area contributed by atoms with Crippen LogP contribution < -0.4 is 0 Å². The zero-order valence-electron chi connectivity index (χ0n) is 13.7. The minimum atomic E-state index is -3.72. The van der Waals surface area contributed by atoms with Gasteiger partial charge in [0.2, 0.25) is 0 Å². The summed E-state index contributed by atoms with van der Waals surface area (Å²) >= 11 is 0. The van der Waals surface area contributed by atoms with Crippen molar-refractivity contribution in [2.75, 3.05) is 13.1 Å². The molecule has 1 saturated heterocycles. The molecule has 7 heteroatoms. The van der Waals surface area contributed by atoms with Crippen LogP contribution in [0.2, 0.25) is 0 Å². The summed E-state index contributed by atoms with van der Waals surface area (Å²) in [7, 11) is -3.72. The zero-order chi connectivity index (χ0) is 17.5. The van der Waals surface area contributed by atoms with Gasteiger partial charge in [-0.1, -0.05) is 29.8 Å². The first-order chi connectivity index (χ1) is 11.3. The predicted molar refractivity (Wildman–Crippen MR) is 92.1 cm³/mol. The molecule has 0 saturated carbocycles. The van der Waals surface area contributed by atoms with Gasteiger partial charge in [-0.15, -0.1) is 4.40 Å². The highest BCUT2D eigenvalue weighted by Crippen LogP contribution is 2.34. The third-order valence-electron chi connectivity index (χ3n) is 4.60. The molecule has 1 aromatic rings. The van der Waals surface area contributed by atoms with E-state index in [0.717, 1.165) is 5.56 Å². The lowest BCUT2D eigenvalue weighted by molar-refractivity contribution is -0.143. The Morgan fingerprint density at radius 2 is 1.75 bits per heavy atom. The molecule has 3 rings (SSSR count). The summed E-state index contributed by atoms with van der Waals surface area (Å²) in [6.07, 6.45) is 1.00. The average molecular weight is 348 g/mol. The van der Waals surface area contributed by atoms with Gasteiger partial charge in [0.25, 0.3) is 10.0 Å². The quantitative estimate of drug-likeness (QED) is 0.886. The number of piperidine rings is 1. The first-order valence-corrected chi connectivity index (χ1v) is 9.34. The maximum atomic E-state index is 12.5. The highest BCUT2D eigenvalue weighted by atomic mass is 32.2. The highest BCUT2D eigenvalue weighted by Gasteiger charge is 2.35. The number of benzene rings is 1. The van der Waals surface area contributed by atoms with Crippen LogP contribution in [0.4, 0.5) is 0 Å². The Kier molecular flexibility index (Phi) is 4.21. The van der Waals surface area contributed by atoms with Gasteiger partial charge < -0.3 is 10.0 Å². The van der Waals surface area contributed by atoms with Crippen molar-refractivity contribution >= 4 is 26.7 Å². The van der Waals surface area contributed by atoms with E-state index in [9.17, 15) is 13.2 Å². The van der Waals surface area contributed by atoms with Crippen molar-refractivity contribution in [2.24, 2.45) is 10.3 Å². The van der Waals surface area contributed by atoms with Crippen LogP contribution in [-0.2, 0) is 14.8 Å². The molecule has 0 spiro atoms.